The van der Waals surface area contributed by atoms with Crippen LogP contribution in [-0.2, 0) is 14.9 Å². The second-order valence-electron chi connectivity index (χ2n) is 8.68. The van der Waals surface area contributed by atoms with Gasteiger partial charge in [-0.15, -0.1) is 0 Å². The summed E-state index contributed by atoms with van der Waals surface area (Å²) >= 11 is 0. The molecule has 4 rings (SSSR count). The second kappa shape index (κ2) is 10.3. The summed E-state index contributed by atoms with van der Waals surface area (Å²) < 4.78 is 22.3. The minimum absolute atomic E-state index is 0.259. The normalized spacial score (nSPS) is 14.8. The lowest BCUT2D eigenvalue weighted by molar-refractivity contribution is -0.150. The molecule has 3 aromatic rings. The zero-order valence-corrected chi connectivity index (χ0v) is 20.8. The predicted molar refractivity (Wildman–Crippen MR) is 132 cm³/mol. The fourth-order valence-electron chi connectivity index (χ4n) is 4.60. The van der Waals surface area contributed by atoms with Crippen molar-refractivity contribution in [1.29, 1.82) is 0 Å². The van der Waals surface area contributed by atoms with Crippen molar-refractivity contribution < 1.29 is 33.4 Å². The lowest BCUT2D eigenvalue weighted by atomic mass is 9.76. The number of urea groups is 1. The number of carbonyl (C=O) groups excluding carboxylic acids is 2. The van der Waals surface area contributed by atoms with Crippen LogP contribution in [0.15, 0.2) is 59.0 Å². The first-order valence-electron chi connectivity index (χ1n) is 11.6. The lowest BCUT2D eigenvalue weighted by Crippen LogP contribution is -2.51. The van der Waals surface area contributed by atoms with E-state index in [0.717, 1.165) is 22.4 Å². The van der Waals surface area contributed by atoms with Gasteiger partial charge in [-0.3, -0.25) is 10.0 Å². The third-order valence-electron chi connectivity index (χ3n) is 6.70. The first-order chi connectivity index (χ1) is 17.3. The summed E-state index contributed by atoms with van der Waals surface area (Å²) in [4.78, 5) is 26.9. The number of rotatable bonds is 6. The lowest BCUT2D eigenvalue weighted by Gasteiger charge is -2.38. The fraction of sp³-hybridized carbons (Fsp3) is 0.333. The number of furan rings is 1. The Morgan fingerprint density at radius 1 is 0.917 bits per heavy atom. The molecule has 0 unspecified atom stereocenters. The molecule has 9 nitrogen and oxygen atoms in total. The van der Waals surface area contributed by atoms with Crippen LogP contribution in [0.1, 0.15) is 18.6 Å². The van der Waals surface area contributed by atoms with Crippen LogP contribution in [0, 0.1) is 0 Å². The van der Waals surface area contributed by atoms with E-state index in [9.17, 15) is 14.8 Å². The molecule has 0 atom stereocenters. The van der Waals surface area contributed by atoms with E-state index in [2.05, 4.69) is 0 Å². The van der Waals surface area contributed by atoms with Gasteiger partial charge in [-0.1, -0.05) is 12.1 Å². The molecule has 1 saturated heterocycles. The molecular weight excluding hydrogens is 464 g/mol. The monoisotopic (exact) mass is 494 g/mol. The number of amides is 2. The van der Waals surface area contributed by atoms with Gasteiger partial charge in [-0.2, -0.15) is 0 Å². The van der Waals surface area contributed by atoms with Gasteiger partial charge in [0, 0.05) is 31.3 Å². The molecule has 190 valence electrons. The number of likely N-dealkylation sites (tertiary alicyclic amines) is 1. The van der Waals surface area contributed by atoms with Crippen molar-refractivity contribution in [3.05, 3.63) is 60.4 Å². The van der Waals surface area contributed by atoms with Crippen molar-refractivity contribution in [2.45, 2.75) is 18.3 Å². The summed E-state index contributed by atoms with van der Waals surface area (Å²) in [7, 11) is 5.84. The van der Waals surface area contributed by atoms with E-state index in [0.29, 0.717) is 22.3 Å². The average molecular weight is 495 g/mol. The van der Waals surface area contributed by atoms with Gasteiger partial charge in [0.1, 0.15) is 28.4 Å². The number of hydrogen-bond donors (Lipinski definition) is 1. The van der Waals surface area contributed by atoms with E-state index in [1.165, 1.54) is 19.1 Å². The van der Waals surface area contributed by atoms with Crippen LogP contribution in [0.5, 0.6) is 11.5 Å². The van der Waals surface area contributed by atoms with Crippen molar-refractivity contribution in [3.63, 3.8) is 0 Å². The zero-order valence-electron chi connectivity index (χ0n) is 20.8. The van der Waals surface area contributed by atoms with Crippen LogP contribution in [0.2, 0.25) is 0 Å². The molecule has 0 spiro atoms. The smallest absolute Gasteiger partial charge is 0.343 e. The second-order valence-corrected chi connectivity index (χ2v) is 8.68. The van der Waals surface area contributed by atoms with Crippen LogP contribution in [0.3, 0.4) is 0 Å². The maximum atomic E-state index is 13.2. The maximum absolute atomic E-state index is 13.2. The number of carbonyl (C=O) groups is 2. The molecule has 0 saturated carbocycles. The van der Waals surface area contributed by atoms with Crippen LogP contribution in [0.4, 0.5) is 4.79 Å². The highest BCUT2D eigenvalue weighted by atomic mass is 16.5. The molecule has 1 aliphatic rings. The highest BCUT2D eigenvalue weighted by molar-refractivity contribution is 5.86. The Hall–Kier alpha value is -3.98. The van der Waals surface area contributed by atoms with Gasteiger partial charge in [0.05, 0.1) is 21.3 Å². The SMILES string of the molecule is COC(=O)C1(c2cc(-c3ccc(OC)cc3)c(-c3ccc(OC)cc3)o2)CCN(C(=O)N(C)O)CC1. The van der Waals surface area contributed by atoms with Gasteiger partial charge in [0.25, 0.3) is 0 Å². The summed E-state index contributed by atoms with van der Waals surface area (Å²) in [6, 6.07) is 16.5. The maximum Gasteiger partial charge on any atom is 0.343 e. The zero-order chi connectivity index (χ0) is 25.9. The number of piperidine rings is 1. The van der Waals surface area contributed by atoms with Gasteiger partial charge >= 0.3 is 12.0 Å². The van der Waals surface area contributed by atoms with Crippen molar-refractivity contribution in [1.82, 2.24) is 9.96 Å². The van der Waals surface area contributed by atoms with E-state index in [4.69, 9.17) is 18.6 Å². The molecule has 1 N–H and O–H groups in total. The summed E-state index contributed by atoms with van der Waals surface area (Å²) in [5.74, 6) is 2.09. The van der Waals surface area contributed by atoms with E-state index in [1.807, 2.05) is 54.6 Å². The highest BCUT2D eigenvalue weighted by Gasteiger charge is 2.48. The first kappa shape index (κ1) is 25.1. The van der Waals surface area contributed by atoms with E-state index in [1.54, 1.807) is 14.2 Å². The van der Waals surface area contributed by atoms with Gasteiger partial charge in [-0.05, 0) is 60.9 Å². The summed E-state index contributed by atoms with van der Waals surface area (Å²) in [6.07, 6.45) is 0.577. The van der Waals surface area contributed by atoms with Gasteiger partial charge in [0.15, 0.2) is 0 Å². The van der Waals surface area contributed by atoms with Crippen molar-refractivity contribution in [2.24, 2.45) is 0 Å². The number of esters is 1. The first-order valence-corrected chi connectivity index (χ1v) is 11.6. The Bertz CT molecular complexity index is 1140. The molecule has 0 radical (unpaired) electrons. The Kier molecular flexibility index (Phi) is 7.21. The fourth-order valence-corrected chi connectivity index (χ4v) is 4.60. The third-order valence-corrected chi connectivity index (χ3v) is 6.70. The summed E-state index contributed by atoms with van der Waals surface area (Å²) in [5, 5.41) is 10.1. The summed E-state index contributed by atoms with van der Waals surface area (Å²) in [6.45, 7) is 0.518. The number of nitrogens with zero attached hydrogens (tertiary/aromatic N) is 2. The molecule has 2 heterocycles. The quantitative estimate of drug-likeness (QED) is 0.304. The largest absolute Gasteiger partial charge is 0.497 e. The molecule has 0 aliphatic carbocycles. The standard InChI is InChI=1S/C27H30N2O7/c1-28(32)26(31)29-15-13-27(14-16-29,25(30)35-4)23-17-22(18-5-9-20(33-2)10-6-18)24(36-23)19-7-11-21(34-3)12-8-19/h5-12,17,32H,13-16H2,1-4H3. The van der Waals surface area contributed by atoms with E-state index < -0.39 is 17.4 Å². The third kappa shape index (κ3) is 4.61. The number of hydrogen-bond acceptors (Lipinski definition) is 7. The van der Waals surface area contributed by atoms with Gasteiger partial charge in [0.2, 0.25) is 0 Å². The Morgan fingerprint density at radius 2 is 1.44 bits per heavy atom. The molecule has 2 amide bonds. The van der Waals surface area contributed by atoms with E-state index in [-0.39, 0.29) is 25.9 Å². The predicted octanol–water partition coefficient (Wildman–Crippen LogP) is 4.58. The van der Waals surface area contributed by atoms with E-state index >= 15 is 0 Å². The molecule has 1 fully saturated rings. The molecule has 0 bridgehead atoms. The van der Waals surface area contributed by atoms with Gasteiger partial charge < -0.3 is 23.5 Å². The minimum atomic E-state index is -1.08. The molecule has 36 heavy (non-hydrogen) atoms. The molecule has 1 aromatic heterocycles. The van der Waals surface area contributed by atoms with Crippen molar-refractivity contribution in [3.8, 4) is 33.9 Å². The minimum Gasteiger partial charge on any atom is -0.497 e. The van der Waals surface area contributed by atoms with Crippen LogP contribution >= 0.6 is 0 Å². The number of hydroxylamine groups is 2. The molecule has 9 heteroatoms. The number of ether oxygens (including phenoxy) is 3. The Labute approximate surface area is 209 Å². The van der Waals surface area contributed by atoms with Gasteiger partial charge in [-0.25, -0.2) is 9.86 Å². The molecule has 2 aromatic carbocycles. The molecule has 1 aliphatic heterocycles. The van der Waals surface area contributed by atoms with Crippen LogP contribution < -0.4 is 9.47 Å². The average Bonchev–Trinajstić information content (AvgIpc) is 3.38. The Balaban J connectivity index is 1.80. The number of benzene rings is 2. The van der Waals surface area contributed by atoms with Crippen molar-refractivity contribution in [2.75, 3.05) is 41.5 Å². The molecular formula is C27H30N2O7. The van der Waals surface area contributed by atoms with Crippen LogP contribution in [-0.4, -0.2) is 68.6 Å². The van der Waals surface area contributed by atoms with Crippen LogP contribution in [0.25, 0.3) is 22.5 Å². The number of methoxy groups -OCH3 is 3. The van der Waals surface area contributed by atoms with Crippen molar-refractivity contribution >= 4 is 12.0 Å². The highest BCUT2D eigenvalue weighted by Crippen LogP contribution is 2.44. The summed E-state index contributed by atoms with van der Waals surface area (Å²) in [5.41, 5.74) is 1.45. The Morgan fingerprint density at radius 3 is 1.92 bits per heavy atom. The topological polar surface area (TPSA) is 102 Å².